The first-order valence-electron chi connectivity index (χ1n) is 8.54. The van der Waals surface area contributed by atoms with Gasteiger partial charge in [0, 0.05) is 12.6 Å². The zero-order valence-electron chi connectivity index (χ0n) is 13.1. The Morgan fingerprint density at radius 3 is 2.15 bits per heavy atom. The maximum atomic E-state index is 9.92. The summed E-state index contributed by atoms with van der Waals surface area (Å²) in [7, 11) is 0. The van der Waals surface area contributed by atoms with Crippen molar-refractivity contribution in [3.05, 3.63) is 0 Å². The quantitative estimate of drug-likeness (QED) is 0.753. The van der Waals surface area contributed by atoms with Gasteiger partial charge in [-0.2, -0.15) is 0 Å². The molecule has 0 amide bonds. The minimum absolute atomic E-state index is 0.369. The Morgan fingerprint density at radius 2 is 1.65 bits per heavy atom. The van der Waals surface area contributed by atoms with Gasteiger partial charge in [-0.25, -0.2) is 0 Å². The van der Waals surface area contributed by atoms with Gasteiger partial charge in [0.25, 0.3) is 0 Å². The van der Waals surface area contributed by atoms with Crippen molar-refractivity contribution in [2.24, 2.45) is 23.2 Å². The van der Waals surface area contributed by atoms with E-state index < -0.39 is 0 Å². The van der Waals surface area contributed by atoms with Crippen LogP contribution in [0.4, 0.5) is 0 Å². The number of ether oxygens (including phenoxy) is 1. The molecule has 4 fully saturated rings. The number of aliphatic hydroxyl groups excluding tert-OH is 1. The van der Waals surface area contributed by atoms with Crippen molar-refractivity contribution in [2.75, 3.05) is 19.8 Å². The predicted molar refractivity (Wildman–Crippen MR) is 80.6 cm³/mol. The van der Waals surface area contributed by atoms with Crippen molar-refractivity contribution in [1.82, 2.24) is 5.32 Å². The van der Waals surface area contributed by atoms with E-state index in [4.69, 9.17) is 4.74 Å². The molecule has 4 bridgehead atoms. The molecule has 1 atom stereocenters. The first-order valence-corrected chi connectivity index (χ1v) is 8.54. The zero-order chi connectivity index (χ0) is 14.2. The molecule has 3 nitrogen and oxygen atoms in total. The molecule has 0 unspecified atom stereocenters. The summed E-state index contributed by atoms with van der Waals surface area (Å²) in [5.74, 6) is 2.95. The van der Waals surface area contributed by atoms with Crippen molar-refractivity contribution in [3.63, 3.8) is 0 Å². The molecule has 116 valence electrons. The number of hydrogen-bond donors (Lipinski definition) is 2. The van der Waals surface area contributed by atoms with Crippen molar-refractivity contribution >= 4 is 0 Å². The standard InChI is InChI=1S/C17H31NO2/c1-12(2)18-9-16(19)10-20-11-17-6-13-3-14(7-17)5-15(4-13)8-17/h12-16,18-19H,3-11H2,1-2H3/t13?,14?,15?,16-,17?/m1/s1. The van der Waals surface area contributed by atoms with E-state index in [0.29, 0.717) is 24.6 Å². The summed E-state index contributed by atoms with van der Waals surface area (Å²) in [4.78, 5) is 0. The highest BCUT2D eigenvalue weighted by Gasteiger charge is 2.50. The van der Waals surface area contributed by atoms with E-state index >= 15 is 0 Å². The summed E-state index contributed by atoms with van der Waals surface area (Å²) in [6.45, 7) is 6.21. The van der Waals surface area contributed by atoms with E-state index in [2.05, 4.69) is 19.2 Å². The average Bonchev–Trinajstić information content (AvgIpc) is 2.34. The van der Waals surface area contributed by atoms with Crippen LogP contribution in [0, 0.1) is 23.2 Å². The van der Waals surface area contributed by atoms with Crippen molar-refractivity contribution in [3.8, 4) is 0 Å². The highest BCUT2D eigenvalue weighted by molar-refractivity contribution is 5.01. The van der Waals surface area contributed by atoms with E-state index in [0.717, 1.165) is 24.4 Å². The fourth-order valence-corrected chi connectivity index (χ4v) is 5.31. The van der Waals surface area contributed by atoms with Gasteiger partial charge in [0.15, 0.2) is 0 Å². The second-order valence-electron chi connectivity index (χ2n) is 8.15. The highest BCUT2D eigenvalue weighted by atomic mass is 16.5. The van der Waals surface area contributed by atoms with Gasteiger partial charge in [-0.05, 0) is 61.7 Å². The van der Waals surface area contributed by atoms with Gasteiger partial charge in [0.1, 0.15) is 0 Å². The Balaban J connectivity index is 1.42. The van der Waals surface area contributed by atoms with Crippen molar-refractivity contribution in [1.29, 1.82) is 0 Å². The van der Waals surface area contributed by atoms with Crippen LogP contribution in [0.5, 0.6) is 0 Å². The lowest BCUT2D eigenvalue weighted by Gasteiger charge is -2.56. The van der Waals surface area contributed by atoms with Crippen LogP contribution in [0.15, 0.2) is 0 Å². The Labute approximate surface area is 123 Å². The molecule has 3 heteroatoms. The first kappa shape index (κ1) is 14.8. The molecule has 0 aromatic rings. The number of aliphatic hydroxyl groups is 1. The molecule has 4 aliphatic rings. The fourth-order valence-electron chi connectivity index (χ4n) is 5.31. The minimum atomic E-state index is -0.369. The molecular weight excluding hydrogens is 250 g/mol. The minimum Gasteiger partial charge on any atom is -0.389 e. The summed E-state index contributed by atoms with van der Waals surface area (Å²) < 4.78 is 5.92. The van der Waals surface area contributed by atoms with Crippen LogP contribution in [0.25, 0.3) is 0 Å². The van der Waals surface area contributed by atoms with Crippen LogP contribution in [0.3, 0.4) is 0 Å². The molecule has 0 radical (unpaired) electrons. The van der Waals surface area contributed by atoms with Crippen LogP contribution in [0.2, 0.25) is 0 Å². The molecule has 0 aromatic heterocycles. The van der Waals surface area contributed by atoms with Gasteiger partial charge < -0.3 is 15.2 Å². The van der Waals surface area contributed by atoms with Gasteiger partial charge in [-0.1, -0.05) is 13.8 Å². The molecule has 20 heavy (non-hydrogen) atoms. The van der Waals surface area contributed by atoms with Gasteiger partial charge in [-0.3, -0.25) is 0 Å². The zero-order valence-corrected chi connectivity index (χ0v) is 13.1. The molecule has 0 spiro atoms. The molecule has 4 saturated carbocycles. The third-order valence-electron chi connectivity index (χ3n) is 5.65. The van der Waals surface area contributed by atoms with E-state index in [1.165, 1.54) is 38.5 Å². The lowest BCUT2D eigenvalue weighted by Crippen LogP contribution is -2.48. The summed E-state index contributed by atoms with van der Waals surface area (Å²) in [6, 6.07) is 0.424. The average molecular weight is 281 g/mol. The Bertz CT molecular complexity index is 294. The maximum Gasteiger partial charge on any atom is 0.0897 e. The van der Waals surface area contributed by atoms with E-state index in [1.807, 2.05) is 0 Å². The molecule has 0 aromatic carbocycles. The van der Waals surface area contributed by atoms with Crippen molar-refractivity contribution in [2.45, 2.75) is 64.5 Å². The van der Waals surface area contributed by atoms with E-state index in [-0.39, 0.29) is 6.10 Å². The highest BCUT2D eigenvalue weighted by Crippen LogP contribution is 2.59. The third kappa shape index (κ3) is 3.37. The van der Waals surface area contributed by atoms with Gasteiger partial charge in [-0.15, -0.1) is 0 Å². The number of hydrogen-bond acceptors (Lipinski definition) is 3. The predicted octanol–water partition coefficient (Wildman–Crippen LogP) is 2.58. The molecular formula is C17H31NO2. The SMILES string of the molecule is CC(C)NC[C@@H](O)COCC12CC3CC(CC(C3)C1)C2. The van der Waals surface area contributed by atoms with Gasteiger partial charge in [0.2, 0.25) is 0 Å². The Hall–Kier alpha value is -0.120. The lowest BCUT2D eigenvalue weighted by molar-refractivity contribution is -0.105. The lowest BCUT2D eigenvalue weighted by atomic mass is 9.50. The van der Waals surface area contributed by atoms with Crippen LogP contribution in [0.1, 0.15) is 52.4 Å². The first-order chi connectivity index (χ1) is 9.55. The topological polar surface area (TPSA) is 41.5 Å². The fraction of sp³-hybridized carbons (Fsp3) is 1.00. The Kier molecular flexibility index (Phi) is 4.40. The molecule has 0 aliphatic heterocycles. The molecule has 2 N–H and O–H groups in total. The van der Waals surface area contributed by atoms with E-state index in [1.54, 1.807) is 0 Å². The monoisotopic (exact) mass is 281 g/mol. The normalized spacial score (nSPS) is 40.5. The number of rotatable bonds is 7. The third-order valence-corrected chi connectivity index (χ3v) is 5.65. The molecule has 4 aliphatic carbocycles. The van der Waals surface area contributed by atoms with Crippen LogP contribution in [-0.4, -0.2) is 37.0 Å². The molecule has 4 rings (SSSR count). The Morgan fingerprint density at radius 1 is 1.10 bits per heavy atom. The molecule has 0 saturated heterocycles. The summed E-state index contributed by atoms with van der Waals surface area (Å²) in [6.07, 6.45) is 8.25. The number of nitrogens with one attached hydrogen (secondary N) is 1. The maximum absolute atomic E-state index is 9.92. The van der Waals surface area contributed by atoms with Gasteiger partial charge >= 0.3 is 0 Å². The van der Waals surface area contributed by atoms with E-state index in [9.17, 15) is 5.11 Å². The summed E-state index contributed by atoms with van der Waals surface area (Å²) >= 11 is 0. The smallest absolute Gasteiger partial charge is 0.0897 e. The summed E-state index contributed by atoms with van der Waals surface area (Å²) in [5, 5.41) is 13.2. The second-order valence-corrected chi connectivity index (χ2v) is 8.15. The van der Waals surface area contributed by atoms with Crippen molar-refractivity contribution < 1.29 is 9.84 Å². The largest absolute Gasteiger partial charge is 0.389 e. The van der Waals surface area contributed by atoms with Gasteiger partial charge in [0.05, 0.1) is 19.3 Å². The van der Waals surface area contributed by atoms with Crippen LogP contribution in [-0.2, 0) is 4.74 Å². The van der Waals surface area contributed by atoms with Crippen LogP contribution < -0.4 is 5.32 Å². The molecule has 0 heterocycles. The summed E-state index contributed by atoms with van der Waals surface area (Å²) in [5.41, 5.74) is 0.472. The second kappa shape index (κ2) is 5.94. The van der Waals surface area contributed by atoms with Crippen LogP contribution >= 0.6 is 0 Å².